The SMILES string of the molecule is CC1=C(c2ccc(CC(=O)c3c(F)cccc3F)cc2)CN(Cc2ccccc2)CC1. The highest BCUT2D eigenvalue weighted by molar-refractivity contribution is 5.98. The second-order valence-corrected chi connectivity index (χ2v) is 8.10. The Kier molecular flexibility index (Phi) is 6.38. The molecule has 4 heteroatoms. The maximum atomic E-state index is 13.9. The molecule has 0 fully saturated rings. The van der Waals surface area contributed by atoms with Gasteiger partial charge in [0.1, 0.15) is 11.6 Å². The van der Waals surface area contributed by atoms with Crippen LogP contribution in [0.15, 0.2) is 78.4 Å². The van der Waals surface area contributed by atoms with Crippen molar-refractivity contribution in [1.82, 2.24) is 4.90 Å². The summed E-state index contributed by atoms with van der Waals surface area (Å²) < 4.78 is 27.7. The average molecular weight is 417 g/mol. The average Bonchev–Trinajstić information content (AvgIpc) is 2.76. The summed E-state index contributed by atoms with van der Waals surface area (Å²) in [6, 6.07) is 21.7. The number of nitrogens with zero attached hydrogens (tertiary/aromatic N) is 1. The van der Waals surface area contributed by atoms with E-state index < -0.39 is 23.0 Å². The first kappa shape index (κ1) is 21.1. The Morgan fingerprint density at radius 1 is 0.871 bits per heavy atom. The molecule has 0 amide bonds. The van der Waals surface area contributed by atoms with Crippen molar-refractivity contribution in [2.45, 2.75) is 26.3 Å². The van der Waals surface area contributed by atoms with E-state index in [0.29, 0.717) is 0 Å². The minimum atomic E-state index is -0.817. The van der Waals surface area contributed by atoms with Gasteiger partial charge in [-0.3, -0.25) is 9.69 Å². The maximum Gasteiger partial charge on any atom is 0.173 e. The lowest BCUT2D eigenvalue weighted by Gasteiger charge is -2.30. The molecule has 1 aliphatic heterocycles. The standard InChI is InChI=1S/C27H25F2NO/c1-19-14-15-30(17-21-6-3-2-4-7-21)18-23(19)22-12-10-20(11-13-22)16-26(31)27-24(28)8-5-9-25(27)29/h2-13H,14-18H2,1H3. The molecule has 0 N–H and O–H groups in total. The number of Topliss-reactive ketones (excluding diaryl/α,β-unsaturated/α-hetero) is 1. The summed E-state index contributed by atoms with van der Waals surface area (Å²) in [6.07, 6.45) is 0.991. The molecule has 0 bridgehead atoms. The Balaban J connectivity index is 1.46. The molecular weight excluding hydrogens is 392 g/mol. The van der Waals surface area contributed by atoms with Crippen LogP contribution >= 0.6 is 0 Å². The smallest absolute Gasteiger partial charge is 0.173 e. The van der Waals surface area contributed by atoms with E-state index in [2.05, 4.69) is 36.1 Å². The van der Waals surface area contributed by atoms with E-state index in [-0.39, 0.29) is 6.42 Å². The van der Waals surface area contributed by atoms with Gasteiger partial charge in [-0.05, 0) is 47.7 Å². The Hall–Kier alpha value is -3.11. The van der Waals surface area contributed by atoms with Gasteiger partial charge in [0, 0.05) is 26.1 Å². The van der Waals surface area contributed by atoms with E-state index in [1.807, 2.05) is 30.3 Å². The van der Waals surface area contributed by atoms with Crippen molar-refractivity contribution in [3.05, 3.63) is 112 Å². The summed E-state index contributed by atoms with van der Waals surface area (Å²) in [5.41, 5.74) is 5.39. The van der Waals surface area contributed by atoms with E-state index in [9.17, 15) is 13.6 Å². The van der Waals surface area contributed by atoms with Crippen LogP contribution in [0.1, 0.15) is 40.4 Å². The molecule has 1 heterocycles. The fourth-order valence-corrected chi connectivity index (χ4v) is 4.09. The summed E-state index contributed by atoms with van der Waals surface area (Å²) >= 11 is 0. The monoisotopic (exact) mass is 417 g/mol. The normalized spacial score (nSPS) is 14.7. The predicted molar refractivity (Wildman–Crippen MR) is 120 cm³/mol. The van der Waals surface area contributed by atoms with E-state index in [4.69, 9.17) is 0 Å². The molecule has 1 aliphatic rings. The van der Waals surface area contributed by atoms with Crippen molar-refractivity contribution in [2.75, 3.05) is 13.1 Å². The summed E-state index contributed by atoms with van der Waals surface area (Å²) in [4.78, 5) is 14.9. The molecule has 0 spiro atoms. The van der Waals surface area contributed by atoms with Gasteiger partial charge in [0.2, 0.25) is 0 Å². The van der Waals surface area contributed by atoms with Gasteiger partial charge in [-0.1, -0.05) is 66.2 Å². The van der Waals surface area contributed by atoms with Crippen LogP contribution in [0.3, 0.4) is 0 Å². The lowest BCUT2D eigenvalue weighted by molar-refractivity contribution is 0.0985. The molecule has 0 atom stereocenters. The second-order valence-electron chi connectivity index (χ2n) is 8.10. The molecule has 158 valence electrons. The van der Waals surface area contributed by atoms with Crippen LogP contribution < -0.4 is 0 Å². The zero-order chi connectivity index (χ0) is 21.8. The Labute approximate surface area is 181 Å². The molecule has 0 radical (unpaired) electrons. The first-order valence-electron chi connectivity index (χ1n) is 10.5. The number of hydrogen-bond donors (Lipinski definition) is 0. The number of benzene rings is 3. The largest absolute Gasteiger partial charge is 0.294 e. The third-order valence-corrected chi connectivity index (χ3v) is 5.86. The topological polar surface area (TPSA) is 20.3 Å². The predicted octanol–water partition coefficient (Wildman–Crippen LogP) is 6.07. The van der Waals surface area contributed by atoms with Crippen molar-refractivity contribution in [3.8, 4) is 0 Å². The number of halogens is 2. The molecule has 2 nitrogen and oxygen atoms in total. The zero-order valence-electron chi connectivity index (χ0n) is 17.6. The van der Waals surface area contributed by atoms with Gasteiger partial charge in [0.15, 0.2) is 5.78 Å². The Morgan fingerprint density at radius 2 is 1.55 bits per heavy atom. The molecule has 4 rings (SSSR count). The van der Waals surface area contributed by atoms with Gasteiger partial charge >= 0.3 is 0 Å². The van der Waals surface area contributed by atoms with Crippen LogP contribution in [0.5, 0.6) is 0 Å². The van der Waals surface area contributed by atoms with Crippen molar-refractivity contribution < 1.29 is 13.6 Å². The van der Waals surface area contributed by atoms with Crippen molar-refractivity contribution in [3.63, 3.8) is 0 Å². The van der Waals surface area contributed by atoms with Crippen molar-refractivity contribution in [2.24, 2.45) is 0 Å². The van der Waals surface area contributed by atoms with Gasteiger partial charge in [-0.2, -0.15) is 0 Å². The fraction of sp³-hybridized carbons (Fsp3) is 0.222. The van der Waals surface area contributed by atoms with Gasteiger partial charge < -0.3 is 0 Å². The van der Waals surface area contributed by atoms with Crippen LogP contribution in [0.4, 0.5) is 8.78 Å². The molecule has 3 aromatic carbocycles. The van der Waals surface area contributed by atoms with E-state index in [1.54, 1.807) is 0 Å². The zero-order valence-corrected chi connectivity index (χ0v) is 17.6. The molecular formula is C27H25F2NO. The van der Waals surface area contributed by atoms with Gasteiger partial charge in [0.25, 0.3) is 0 Å². The number of carbonyl (C=O) groups is 1. The maximum absolute atomic E-state index is 13.9. The van der Waals surface area contributed by atoms with Crippen LogP contribution in [0, 0.1) is 11.6 Å². The first-order valence-corrected chi connectivity index (χ1v) is 10.5. The quantitative estimate of drug-likeness (QED) is 0.454. The minimum Gasteiger partial charge on any atom is -0.294 e. The Morgan fingerprint density at radius 3 is 2.23 bits per heavy atom. The van der Waals surface area contributed by atoms with Crippen LogP contribution in [-0.4, -0.2) is 23.8 Å². The van der Waals surface area contributed by atoms with Gasteiger partial charge in [-0.15, -0.1) is 0 Å². The Bertz CT molecular complexity index is 1080. The minimum absolute atomic E-state index is 0.0315. The molecule has 0 aromatic heterocycles. The highest BCUT2D eigenvalue weighted by Gasteiger charge is 2.19. The van der Waals surface area contributed by atoms with Crippen LogP contribution in [0.2, 0.25) is 0 Å². The summed E-state index contributed by atoms with van der Waals surface area (Å²) in [5.74, 6) is -2.18. The lowest BCUT2D eigenvalue weighted by Crippen LogP contribution is -2.30. The van der Waals surface area contributed by atoms with Crippen molar-refractivity contribution in [1.29, 1.82) is 0 Å². The van der Waals surface area contributed by atoms with Gasteiger partial charge in [0.05, 0.1) is 5.56 Å². The third-order valence-electron chi connectivity index (χ3n) is 5.86. The number of ketones is 1. The molecule has 31 heavy (non-hydrogen) atoms. The number of carbonyl (C=O) groups excluding carboxylic acids is 1. The van der Waals surface area contributed by atoms with Gasteiger partial charge in [-0.25, -0.2) is 8.78 Å². The fourth-order valence-electron chi connectivity index (χ4n) is 4.09. The van der Waals surface area contributed by atoms with Crippen LogP contribution in [-0.2, 0) is 13.0 Å². The highest BCUT2D eigenvalue weighted by atomic mass is 19.1. The molecule has 3 aromatic rings. The van der Waals surface area contributed by atoms with E-state index >= 15 is 0 Å². The first-order chi connectivity index (χ1) is 15.0. The third kappa shape index (κ3) is 4.97. The second kappa shape index (κ2) is 9.36. The van der Waals surface area contributed by atoms with Crippen molar-refractivity contribution >= 4 is 11.4 Å². The summed E-state index contributed by atoms with van der Waals surface area (Å²) in [7, 11) is 0. The lowest BCUT2D eigenvalue weighted by atomic mass is 9.93. The summed E-state index contributed by atoms with van der Waals surface area (Å²) in [5, 5.41) is 0. The van der Waals surface area contributed by atoms with E-state index in [0.717, 1.165) is 49.3 Å². The number of hydrogen-bond acceptors (Lipinski definition) is 2. The number of rotatable bonds is 6. The van der Waals surface area contributed by atoms with Crippen LogP contribution in [0.25, 0.3) is 5.57 Å². The highest BCUT2D eigenvalue weighted by Crippen LogP contribution is 2.28. The molecule has 0 unspecified atom stereocenters. The summed E-state index contributed by atoms with van der Waals surface area (Å²) in [6.45, 7) is 5.00. The molecule has 0 saturated carbocycles. The van der Waals surface area contributed by atoms with E-state index in [1.165, 1.54) is 22.8 Å². The molecule has 0 aliphatic carbocycles. The molecule has 0 saturated heterocycles.